The largest absolute Gasteiger partial charge is 0.382 e. The van der Waals surface area contributed by atoms with Crippen molar-refractivity contribution in [1.29, 1.82) is 0 Å². The highest BCUT2D eigenvalue weighted by Gasteiger charge is 1.88. The minimum absolute atomic E-state index is 0.831. The number of nitrogens with one attached hydrogen (secondary N) is 2. The van der Waals surface area contributed by atoms with Gasteiger partial charge in [-0.3, -0.25) is 0 Å². The SMILES string of the molecule is CCCNCCNCCCOCC. The summed E-state index contributed by atoms with van der Waals surface area (Å²) in [5.74, 6) is 0. The number of ether oxygens (including phenoxy) is 1. The Kier molecular flexibility index (Phi) is 11.8. The van der Waals surface area contributed by atoms with Crippen molar-refractivity contribution < 1.29 is 4.74 Å². The van der Waals surface area contributed by atoms with Gasteiger partial charge in [-0.2, -0.15) is 0 Å². The summed E-state index contributed by atoms with van der Waals surface area (Å²) in [6.45, 7) is 10.2. The number of hydrogen-bond acceptors (Lipinski definition) is 3. The highest BCUT2D eigenvalue weighted by atomic mass is 16.5. The van der Waals surface area contributed by atoms with Gasteiger partial charge in [0.05, 0.1) is 0 Å². The molecule has 3 heteroatoms. The normalized spacial score (nSPS) is 10.6. The summed E-state index contributed by atoms with van der Waals surface area (Å²) in [6.07, 6.45) is 2.33. The molecule has 0 rings (SSSR count). The van der Waals surface area contributed by atoms with E-state index in [4.69, 9.17) is 4.74 Å². The molecule has 0 aliphatic carbocycles. The van der Waals surface area contributed by atoms with E-state index in [1.54, 1.807) is 0 Å². The van der Waals surface area contributed by atoms with E-state index in [1.807, 2.05) is 6.92 Å². The van der Waals surface area contributed by atoms with Crippen molar-refractivity contribution in [3.63, 3.8) is 0 Å². The van der Waals surface area contributed by atoms with Crippen molar-refractivity contribution >= 4 is 0 Å². The van der Waals surface area contributed by atoms with E-state index in [1.165, 1.54) is 6.42 Å². The Labute approximate surface area is 82.2 Å². The van der Waals surface area contributed by atoms with Gasteiger partial charge in [0.2, 0.25) is 0 Å². The van der Waals surface area contributed by atoms with Gasteiger partial charge in [-0.25, -0.2) is 0 Å². The van der Waals surface area contributed by atoms with E-state index in [2.05, 4.69) is 17.6 Å². The fourth-order valence-electron chi connectivity index (χ4n) is 1.05. The van der Waals surface area contributed by atoms with E-state index < -0.39 is 0 Å². The average molecular weight is 188 g/mol. The molecule has 0 amide bonds. The predicted octanol–water partition coefficient (Wildman–Crippen LogP) is 1.00. The van der Waals surface area contributed by atoms with Crippen LogP contribution < -0.4 is 10.6 Å². The summed E-state index contributed by atoms with van der Waals surface area (Å²) < 4.78 is 5.22. The molecule has 0 aromatic rings. The Morgan fingerprint density at radius 1 is 0.923 bits per heavy atom. The predicted molar refractivity (Wildman–Crippen MR) is 57.1 cm³/mol. The molecule has 0 radical (unpaired) electrons. The summed E-state index contributed by atoms with van der Waals surface area (Å²) in [7, 11) is 0. The first kappa shape index (κ1) is 12.9. The van der Waals surface area contributed by atoms with E-state index >= 15 is 0 Å². The van der Waals surface area contributed by atoms with E-state index in [9.17, 15) is 0 Å². The lowest BCUT2D eigenvalue weighted by Gasteiger charge is -2.05. The fourth-order valence-corrected chi connectivity index (χ4v) is 1.05. The van der Waals surface area contributed by atoms with Gasteiger partial charge in [-0.15, -0.1) is 0 Å². The van der Waals surface area contributed by atoms with Crippen molar-refractivity contribution in [1.82, 2.24) is 10.6 Å². The monoisotopic (exact) mass is 188 g/mol. The van der Waals surface area contributed by atoms with Crippen LogP contribution in [-0.2, 0) is 4.74 Å². The third-order valence-electron chi connectivity index (χ3n) is 1.75. The van der Waals surface area contributed by atoms with E-state index in [0.29, 0.717) is 0 Å². The molecule has 0 heterocycles. The molecule has 0 aliphatic heterocycles. The first-order valence-electron chi connectivity index (χ1n) is 5.41. The molecule has 0 saturated heterocycles. The van der Waals surface area contributed by atoms with Crippen LogP contribution in [0.15, 0.2) is 0 Å². The van der Waals surface area contributed by atoms with Crippen molar-refractivity contribution in [3.05, 3.63) is 0 Å². The molecule has 0 spiro atoms. The maximum absolute atomic E-state index is 5.22. The third kappa shape index (κ3) is 11.9. The lowest BCUT2D eigenvalue weighted by atomic mass is 10.4. The summed E-state index contributed by atoms with van der Waals surface area (Å²) in [5, 5.41) is 6.70. The van der Waals surface area contributed by atoms with Gasteiger partial charge >= 0.3 is 0 Å². The lowest BCUT2D eigenvalue weighted by Crippen LogP contribution is -2.28. The topological polar surface area (TPSA) is 33.3 Å². The smallest absolute Gasteiger partial charge is 0.0477 e. The Morgan fingerprint density at radius 3 is 2.23 bits per heavy atom. The average Bonchev–Trinajstić information content (AvgIpc) is 2.16. The van der Waals surface area contributed by atoms with Crippen LogP contribution in [0.4, 0.5) is 0 Å². The molecule has 0 saturated carbocycles. The van der Waals surface area contributed by atoms with Crippen molar-refractivity contribution in [2.45, 2.75) is 26.7 Å². The molecule has 3 nitrogen and oxygen atoms in total. The van der Waals surface area contributed by atoms with Gasteiger partial charge in [-0.05, 0) is 32.9 Å². The molecule has 80 valence electrons. The van der Waals surface area contributed by atoms with Crippen LogP contribution in [-0.4, -0.2) is 39.4 Å². The number of rotatable bonds is 10. The second-order valence-electron chi connectivity index (χ2n) is 3.05. The molecule has 0 fully saturated rings. The highest BCUT2D eigenvalue weighted by molar-refractivity contribution is 4.51. The van der Waals surface area contributed by atoms with E-state index in [0.717, 1.165) is 45.8 Å². The molecule has 0 atom stereocenters. The van der Waals surface area contributed by atoms with Gasteiger partial charge in [0.25, 0.3) is 0 Å². The minimum atomic E-state index is 0.831. The van der Waals surface area contributed by atoms with E-state index in [-0.39, 0.29) is 0 Å². The third-order valence-corrected chi connectivity index (χ3v) is 1.75. The zero-order valence-electron chi connectivity index (χ0n) is 9.07. The Hall–Kier alpha value is -0.120. The van der Waals surface area contributed by atoms with Crippen LogP contribution >= 0.6 is 0 Å². The summed E-state index contributed by atoms with van der Waals surface area (Å²) in [5.41, 5.74) is 0. The quantitative estimate of drug-likeness (QED) is 0.502. The lowest BCUT2D eigenvalue weighted by molar-refractivity contribution is 0.145. The second kappa shape index (κ2) is 11.9. The van der Waals surface area contributed by atoms with Crippen molar-refractivity contribution in [2.24, 2.45) is 0 Å². The Balaban J connectivity index is 2.76. The Morgan fingerprint density at radius 2 is 1.62 bits per heavy atom. The molecule has 0 unspecified atom stereocenters. The summed E-state index contributed by atoms with van der Waals surface area (Å²) in [4.78, 5) is 0. The van der Waals surface area contributed by atoms with Gasteiger partial charge in [0.15, 0.2) is 0 Å². The van der Waals surface area contributed by atoms with Crippen LogP contribution in [0.2, 0.25) is 0 Å². The number of hydrogen-bond donors (Lipinski definition) is 2. The van der Waals surface area contributed by atoms with Crippen LogP contribution in [0.3, 0.4) is 0 Å². The zero-order valence-corrected chi connectivity index (χ0v) is 9.07. The molecular weight excluding hydrogens is 164 g/mol. The van der Waals surface area contributed by atoms with Gasteiger partial charge in [0, 0.05) is 26.3 Å². The van der Waals surface area contributed by atoms with Crippen LogP contribution in [0.5, 0.6) is 0 Å². The van der Waals surface area contributed by atoms with Gasteiger partial charge < -0.3 is 15.4 Å². The molecule has 0 aliphatic rings. The van der Waals surface area contributed by atoms with Gasteiger partial charge in [0.1, 0.15) is 0 Å². The molecule has 2 N–H and O–H groups in total. The second-order valence-corrected chi connectivity index (χ2v) is 3.05. The van der Waals surface area contributed by atoms with Crippen molar-refractivity contribution in [2.75, 3.05) is 39.4 Å². The molecule has 0 aromatic carbocycles. The standard InChI is InChI=1S/C10H24N2O/c1-3-6-11-8-9-12-7-5-10-13-4-2/h11-12H,3-10H2,1-2H3. The Bertz CT molecular complexity index is 79.0. The highest BCUT2D eigenvalue weighted by Crippen LogP contribution is 1.79. The summed E-state index contributed by atoms with van der Waals surface area (Å²) in [6, 6.07) is 0. The molecule has 13 heavy (non-hydrogen) atoms. The first-order chi connectivity index (χ1) is 6.41. The molecular formula is C10H24N2O. The first-order valence-corrected chi connectivity index (χ1v) is 5.41. The fraction of sp³-hybridized carbons (Fsp3) is 1.00. The molecule has 0 aromatic heterocycles. The zero-order chi connectivity index (χ0) is 9.78. The minimum Gasteiger partial charge on any atom is -0.382 e. The van der Waals surface area contributed by atoms with Crippen LogP contribution in [0.25, 0.3) is 0 Å². The van der Waals surface area contributed by atoms with Crippen LogP contribution in [0, 0.1) is 0 Å². The summed E-state index contributed by atoms with van der Waals surface area (Å²) >= 11 is 0. The van der Waals surface area contributed by atoms with Crippen molar-refractivity contribution in [3.8, 4) is 0 Å². The maximum atomic E-state index is 5.22. The molecule has 0 bridgehead atoms. The van der Waals surface area contributed by atoms with Crippen LogP contribution in [0.1, 0.15) is 26.7 Å². The maximum Gasteiger partial charge on any atom is 0.0477 e. The van der Waals surface area contributed by atoms with Gasteiger partial charge in [-0.1, -0.05) is 6.92 Å².